The lowest BCUT2D eigenvalue weighted by atomic mass is 10.0. The Bertz CT molecular complexity index is 550. The third-order valence-electron chi connectivity index (χ3n) is 4.20. The number of hydrogen-bond acceptors (Lipinski definition) is 4. The lowest BCUT2D eigenvalue weighted by Crippen LogP contribution is -2.52. The fraction of sp³-hybridized carbons (Fsp3) is 0.562. The molecule has 0 amide bonds. The number of benzene rings is 1. The predicted molar refractivity (Wildman–Crippen MR) is 89.7 cm³/mol. The van der Waals surface area contributed by atoms with Gasteiger partial charge in [-0.05, 0) is 31.2 Å². The van der Waals surface area contributed by atoms with Crippen LogP contribution in [0, 0.1) is 11.3 Å². The van der Waals surface area contributed by atoms with E-state index in [1.54, 1.807) is 12.1 Å². The summed E-state index contributed by atoms with van der Waals surface area (Å²) in [5.41, 5.74) is 0.821. The van der Waals surface area contributed by atoms with Gasteiger partial charge in [-0.1, -0.05) is 30.1 Å². The van der Waals surface area contributed by atoms with Crippen molar-refractivity contribution in [2.45, 2.75) is 25.4 Å². The molecule has 1 fully saturated rings. The summed E-state index contributed by atoms with van der Waals surface area (Å²) in [6.07, 6.45) is 1.00. The van der Waals surface area contributed by atoms with Crippen LogP contribution in [-0.4, -0.2) is 49.6 Å². The first kappa shape index (κ1) is 17.4. The Morgan fingerprint density at radius 3 is 2.50 bits per heavy atom. The largest absolute Gasteiger partial charge is 0.494 e. The minimum atomic E-state index is -0.348. The van der Waals surface area contributed by atoms with Crippen molar-refractivity contribution in [1.29, 1.82) is 5.26 Å². The van der Waals surface area contributed by atoms with Gasteiger partial charge in [0, 0.05) is 25.7 Å². The molecule has 1 aromatic carbocycles. The van der Waals surface area contributed by atoms with Crippen LogP contribution in [-0.2, 0) is 0 Å². The fourth-order valence-electron chi connectivity index (χ4n) is 3.00. The second kappa shape index (κ2) is 7.52. The molecule has 1 saturated heterocycles. The maximum absolute atomic E-state index is 9.70. The Balaban J connectivity index is 2.34. The minimum absolute atomic E-state index is 0.348. The number of likely N-dealkylation sites (N-methyl/N-ethyl adjacent to an activating group) is 1. The quantitative estimate of drug-likeness (QED) is 0.838. The molecule has 0 aromatic heterocycles. The Kier molecular flexibility index (Phi) is 5.94. The summed E-state index contributed by atoms with van der Waals surface area (Å²) >= 11 is 12.4. The lowest BCUT2D eigenvalue weighted by Gasteiger charge is -2.42. The molecular weight excluding hydrogens is 321 g/mol. The van der Waals surface area contributed by atoms with Crippen molar-refractivity contribution in [1.82, 2.24) is 9.80 Å². The van der Waals surface area contributed by atoms with Gasteiger partial charge in [-0.15, -0.1) is 0 Å². The van der Waals surface area contributed by atoms with E-state index in [1.165, 1.54) is 7.11 Å². The smallest absolute Gasteiger partial charge is 0.156 e. The molecular formula is C16H21Cl2N3O. The van der Waals surface area contributed by atoms with Crippen molar-refractivity contribution in [3.05, 3.63) is 27.7 Å². The van der Waals surface area contributed by atoms with Crippen LogP contribution in [0.5, 0.6) is 5.75 Å². The Labute approximate surface area is 142 Å². The van der Waals surface area contributed by atoms with Gasteiger partial charge in [0.2, 0.25) is 0 Å². The molecule has 22 heavy (non-hydrogen) atoms. The van der Waals surface area contributed by atoms with Crippen molar-refractivity contribution >= 4 is 23.2 Å². The number of rotatable bonds is 4. The number of piperazine rings is 1. The summed E-state index contributed by atoms with van der Waals surface area (Å²) in [5, 5.41) is 10.6. The number of halogens is 2. The number of nitriles is 1. The van der Waals surface area contributed by atoms with Crippen LogP contribution in [0.1, 0.15) is 24.9 Å². The first-order chi connectivity index (χ1) is 10.5. The second-order valence-corrected chi connectivity index (χ2v) is 6.43. The lowest BCUT2D eigenvalue weighted by molar-refractivity contribution is 0.0675. The van der Waals surface area contributed by atoms with Crippen molar-refractivity contribution in [2.24, 2.45) is 0 Å². The molecule has 2 unspecified atom stereocenters. The van der Waals surface area contributed by atoms with Crippen molar-refractivity contribution < 1.29 is 4.74 Å². The predicted octanol–water partition coefficient (Wildman–Crippen LogP) is 3.59. The van der Waals surface area contributed by atoms with E-state index in [0.29, 0.717) is 21.8 Å². The van der Waals surface area contributed by atoms with E-state index in [0.717, 1.165) is 31.6 Å². The van der Waals surface area contributed by atoms with Gasteiger partial charge in [-0.2, -0.15) is 5.26 Å². The van der Waals surface area contributed by atoms with E-state index in [1.807, 2.05) is 0 Å². The molecule has 0 N–H and O–H groups in total. The first-order valence-corrected chi connectivity index (χ1v) is 8.14. The van der Waals surface area contributed by atoms with Gasteiger partial charge in [-0.3, -0.25) is 4.90 Å². The fourth-order valence-corrected chi connectivity index (χ4v) is 3.66. The van der Waals surface area contributed by atoms with Gasteiger partial charge in [0.1, 0.15) is 6.04 Å². The summed E-state index contributed by atoms with van der Waals surface area (Å²) in [6, 6.07) is 5.98. The molecule has 0 spiro atoms. The zero-order chi connectivity index (χ0) is 16.3. The summed E-state index contributed by atoms with van der Waals surface area (Å²) in [7, 11) is 3.64. The highest BCUT2D eigenvalue weighted by Crippen LogP contribution is 2.37. The Morgan fingerprint density at radius 1 is 1.36 bits per heavy atom. The van der Waals surface area contributed by atoms with Crippen LogP contribution in [0.4, 0.5) is 0 Å². The average Bonchev–Trinajstić information content (AvgIpc) is 2.49. The maximum Gasteiger partial charge on any atom is 0.156 e. The van der Waals surface area contributed by atoms with Crippen LogP contribution in [0.15, 0.2) is 12.1 Å². The van der Waals surface area contributed by atoms with E-state index in [9.17, 15) is 5.26 Å². The third-order valence-corrected chi connectivity index (χ3v) is 4.76. The molecule has 1 aliphatic heterocycles. The summed E-state index contributed by atoms with van der Waals surface area (Å²) in [4.78, 5) is 4.54. The van der Waals surface area contributed by atoms with Crippen LogP contribution >= 0.6 is 23.2 Å². The second-order valence-electron chi connectivity index (χ2n) is 5.61. The summed E-state index contributed by atoms with van der Waals surface area (Å²) < 4.78 is 5.18. The van der Waals surface area contributed by atoms with E-state index in [-0.39, 0.29) is 6.04 Å². The maximum atomic E-state index is 9.70. The van der Waals surface area contributed by atoms with Crippen LogP contribution < -0.4 is 4.74 Å². The molecule has 6 heteroatoms. The SMILES string of the molecule is CCC1CN(C)CCN1C(C#N)c1cc(Cl)c(OC)c(Cl)c1. The number of methoxy groups -OCH3 is 1. The van der Waals surface area contributed by atoms with Crippen LogP contribution in [0.2, 0.25) is 10.0 Å². The third kappa shape index (κ3) is 3.49. The zero-order valence-electron chi connectivity index (χ0n) is 13.1. The molecule has 1 aromatic rings. The molecule has 0 bridgehead atoms. The average molecular weight is 342 g/mol. The normalized spacial score (nSPS) is 21.4. The number of nitrogens with zero attached hydrogens (tertiary/aromatic N) is 3. The highest BCUT2D eigenvalue weighted by atomic mass is 35.5. The van der Waals surface area contributed by atoms with Crippen molar-refractivity contribution in [3.63, 3.8) is 0 Å². The van der Waals surface area contributed by atoms with Gasteiger partial charge >= 0.3 is 0 Å². The van der Waals surface area contributed by atoms with Crippen LogP contribution in [0.25, 0.3) is 0 Å². The summed E-state index contributed by atoms with van der Waals surface area (Å²) in [6.45, 7) is 4.92. The topological polar surface area (TPSA) is 39.5 Å². The van der Waals surface area contributed by atoms with Gasteiger partial charge < -0.3 is 9.64 Å². The number of ether oxygens (including phenoxy) is 1. The van der Waals surface area contributed by atoms with E-state index in [2.05, 4.69) is 29.8 Å². The van der Waals surface area contributed by atoms with Gasteiger partial charge in [0.25, 0.3) is 0 Å². The molecule has 4 nitrogen and oxygen atoms in total. The van der Waals surface area contributed by atoms with Crippen molar-refractivity contribution in [2.75, 3.05) is 33.8 Å². The minimum Gasteiger partial charge on any atom is -0.494 e. The standard InChI is InChI=1S/C16H21Cl2N3O/c1-4-12-10-20(2)5-6-21(12)15(9-19)11-7-13(17)16(22-3)14(18)8-11/h7-8,12,15H,4-6,10H2,1-3H3. The van der Waals surface area contributed by atoms with Crippen LogP contribution in [0.3, 0.4) is 0 Å². The molecule has 2 atom stereocenters. The molecule has 1 heterocycles. The molecule has 2 rings (SSSR count). The Hall–Kier alpha value is -0.990. The van der Waals surface area contributed by atoms with Gasteiger partial charge in [0.05, 0.1) is 23.2 Å². The monoisotopic (exact) mass is 341 g/mol. The highest BCUT2D eigenvalue weighted by molar-refractivity contribution is 6.37. The number of hydrogen-bond donors (Lipinski definition) is 0. The van der Waals surface area contributed by atoms with E-state index < -0.39 is 0 Å². The molecule has 0 saturated carbocycles. The molecule has 0 aliphatic carbocycles. The van der Waals surface area contributed by atoms with Crippen molar-refractivity contribution in [3.8, 4) is 11.8 Å². The van der Waals surface area contributed by atoms with Gasteiger partial charge in [0.15, 0.2) is 5.75 Å². The first-order valence-electron chi connectivity index (χ1n) is 7.38. The van der Waals surface area contributed by atoms with E-state index >= 15 is 0 Å². The molecule has 0 radical (unpaired) electrons. The Morgan fingerprint density at radius 2 is 2.00 bits per heavy atom. The van der Waals surface area contributed by atoms with E-state index in [4.69, 9.17) is 27.9 Å². The highest BCUT2D eigenvalue weighted by Gasteiger charge is 2.31. The molecule has 1 aliphatic rings. The summed E-state index contributed by atoms with van der Waals surface area (Å²) in [5.74, 6) is 0.453. The molecule has 120 valence electrons. The zero-order valence-corrected chi connectivity index (χ0v) is 14.7. The van der Waals surface area contributed by atoms with Gasteiger partial charge in [-0.25, -0.2) is 0 Å².